The van der Waals surface area contributed by atoms with E-state index in [-0.39, 0.29) is 18.0 Å². The van der Waals surface area contributed by atoms with Crippen LogP contribution in [0.4, 0.5) is 5.69 Å². The minimum Gasteiger partial charge on any atom is -0.461 e. The summed E-state index contributed by atoms with van der Waals surface area (Å²) in [5, 5.41) is 10.8. The lowest BCUT2D eigenvalue weighted by Crippen LogP contribution is -2.04. The van der Waals surface area contributed by atoms with Crippen molar-refractivity contribution in [3.8, 4) is 0 Å². The van der Waals surface area contributed by atoms with Crippen molar-refractivity contribution in [1.82, 2.24) is 9.38 Å². The molecule has 2 aromatic heterocycles. The van der Waals surface area contributed by atoms with Gasteiger partial charge < -0.3 is 4.74 Å². The van der Waals surface area contributed by atoms with Gasteiger partial charge in [-0.25, -0.2) is 9.78 Å². The smallest absolute Gasteiger partial charge is 0.360 e. The number of non-ortho nitro benzene ring substituents is 1. The molecule has 102 valence electrons. The molecule has 0 amide bonds. The molecule has 0 atom stereocenters. The van der Waals surface area contributed by atoms with Crippen molar-refractivity contribution < 1.29 is 14.5 Å². The highest BCUT2D eigenvalue weighted by Crippen LogP contribution is 2.31. The van der Waals surface area contributed by atoms with Crippen LogP contribution in [0.2, 0.25) is 0 Å². The van der Waals surface area contributed by atoms with E-state index in [1.807, 2.05) is 0 Å². The summed E-state index contributed by atoms with van der Waals surface area (Å²) in [6.07, 6.45) is 1.52. The van der Waals surface area contributed by atoms with Crippen LogP contribution in [0.15, 0.2) is 24.5 Å². The molecule has 20 heavy (non-hydrogen) atoms. The zero-order chi connectivity index (χ0) is 14.3. The number of thiazole rings is 1. The van der Waals surface area contributed by atoms with E-state index in [1.54, 1.807) is 17.4 Å². The molecule has 0 saturated carbocycles. The maximum absolute atomic E-state index is 11.8. The van der Waals surface area contributed by atoms with Crippen LogP contribution in [0.1, 0.15) is 17.4 Å². The van der Waals surface area contributed by atoms with Gasteiger partial charge >= 0.3 is 5.97 Å². The molecule has 0 spiro atoms. The lowest BCUT2D eigenvalue weighted by atomic mass is 10.3. The molecule has 8 heteroatoms. The van der Waals surface area contributed by atoms with Crippen LogP contribution in [-0.2, 0) is 4.74 Å². The number of nitrogens with zero attached hydrogens (tertiary/aromatic N) is 3. The SMILES string of the molecule is CCOC(=O)c1ncn2c1sc1cc([N+](=O)[O-])ccc12. The Bertz CT molecular complexity index is 836. The summed E-state index contributed by atoms with van der Waals surface area (Å²) in [6.45, 7) is 1.99. The summed E-state index contributed by atoms with van der Waals surface area (Å²) in [5.41, 5.74) is 1.03. The molecule has 0 fully saturated rings. The van der Waals surface area contributed by atoms with E-state index in [0.717, 1.165) is 10.2 Å². The summed E-state index contributed by atoms with van der Waals surface area (Å²) >= 11 is 1.28. The Morgan fingerprint density at radius 3 is 3.05 bits per heavy atom. The van der Waals surface area contributed by atoms with Crippen molar-refractivity contribution in [2.24, 2.45) is 0 Å². The van der Waals surface area contributed by atoms with Crippen molar-refractivity contribution in [3.05, 3.63) is 40.3 Å². The minimum atomic E-state index is -0.490. The fraction of sp³-hybridized carbons (Fsp3) is 0.167. The standard InChI is InChI=1S/C12H9N3O4S/c1-2-19-12(16)10-11-14(6-13-10)8-4-3-7(15(17)18)5-9(8)20-11/h3-6H,2H2,1H3. The van der Waals surface area contributed by atoms with Gasteiger partial charge in [0.15, 0.2) is 5.69 Å². The highest BCUT2D eigenvalue weighted by atomic mass is 32.1. The Hall–Kier alpha value is -2.48. The third-order valence-corrected chi connectivity index (χ3v) is 3.94. The summed E-state index contributed by atoms with van der Waals surface area (Å²) in [6, 6.07) is 4.56. The molecule has 0 aliphatic carbocycles. The number of hydrogen-bond acceptors (Lipinski definition) is 6. The number of fused-ring (bicyclic) bond motifs is 3. The highest BCUT2D eigenvalue weighted by molar-refractivity contribution is 7.24. The molecule has 2 heterocycles. The number of carbonyl (C=O) groups excluding carboxylic acids is 1. The predicted octanol–water partition coefficient (Wildman–Crippen LogP) is 2.63. The number of benzene rings is 1. The van der Waals surface area contributed by atoms with Crippen LogP contribution in [0.5, 0.6) is 0 Å². The number of esters is 1. The van der Waals surface area contributed by atoms with Gasteiger partial charge in [0.05, 0.1) is 21.7 Å². The molecule has 3 rings (SSSR count). The van der Waals surface area contributed by atoms with Crippen LogP contribution in [0.25, 0.3) is 15.0 Å². The van der Waals surface area contributed by atoms with Gasteiger partial charge in [-0.3, -0.25) is 14.5 Å². The number of rotatable bonds is 3. The first-order valence-electron chi connectivity index (χ1n) is 5.83. The number of nitro groups is 1. The van der Waals surface area contributed by atoms with E-state index in [9.17, 15) is 14.9 Å². The minimum absolute atomic E-state index is 0.0210. The van der Waals surface area contributed by atoms with E-state index in [4.69, 9.17) is 4.74 Å². The number of hydrogen-bond donors (Lipinski definition) is 0. The first kappa shape index (κ1) is 12.5. The maximum Gasteiger partial charge on any atom is 0.360 e. The second-order valence-corrected chi connectivity index (χ2v) is 5.03. The molecule has 0 aliphatic heterocycles. The van der Waals surface area contributed by atoms with Crippen LogP contribution < -0.4 is 0 Å². The molecular weight excluding hydrogens is 282 g/mol. The highest BCUT2D eigenvalue weighted by Gasteiger charge is 2.19. The molecule has 0 radical (unpaired) electrons. The Morgan fingerprint density at radius 1 is 1.55 bits per heavy atom. The number of aromatic nitrogens is 2. The van der Waals surface area contributed by atoms with Gasteiger partial charge in [0, 0.05) is 12.1 Å². The Balaban J connectivity index is 2.20. The third-order valence-electron chi connectivity index (χ3n) is 2.81. The van der Waals surface area contributed by atoms with Gasteiger partial charge in [-0.2, -0.15) is 0 Å². The van der Waals surface area contributed by atoms with Gasteiger partial charge in [-0.05, 0) is 13.0 Å². The van der Waals surface area contributed by atoms with Gasteiger partial charge in [-0.15, -0.1) is 11.3 Å². The van der Waals surface area contributed by atoms with E-state index < -0.39 is 10.9 Å². The van der Waals surface area contributed by atoms with Crippen LogP contribution in [0, 0.1) is 10.1 Å². The number of nitro benzene ring substituents is 1. The van der Waals surface area contributed by atoms with Gasteiger partial charge in [0.2, 0.25) is 0 Å². The van der Waals surface area contributed by atoms with E-state index >= 15 is 0 Å². The number of carbonyl (C=O) groups is 1. The van der Waals surface area contributed by atoms with Crippen molar-refractivity contribution in [3.63, 3.8) is 0 Å². The fourth-order valence-electron chi connectivity index (χ4n) is 1.95. The van der Waals surface area contributed by atoms with E-state index in [1.165, 1.54) is 29.8 Å². The second-order valence-electron chi connectivity index (χ2n) is 4.00. The first-order valence-corrected chi connectivity index (χ1v) is 6.64. The molecule has 1 aromatic carbocycles. The second kappa shape index (κ2) is 4.57. The van der Waals surface area contributed by atoms with Crippen molar-refractivity contribution >= 4 is 38.0 Å². The van der Waals surface area contributed by atoms with Gasteiger partial charge in [-0.1, -0.05) is 0 Å². The lowest BCUT2D eigenvalue weighted by Gasteiger charge is -1.96. The van der Waals surface area contributed by atoms with E-state index in [2.05, 4.69) is 4.98 Å². The third kappa shape index (κ3) is 1.81. The zero-order valence-corrected chi connectivity index (χ0v) is 11.2. The quantitative estimate of drug-likeness (QED) is 0.420. The Kier molecular flexibility index (Phi) is 2.87. The summed E-state index contributed by atoms with van der Waals surface area (Å²) < 4.78 is 7.39. The van der Waals surface area contributed by atoms with Gasteiger partial charge in [0.1, 0.15) is 11.2 Å². The van der Waals surface area contributed by atoms with Crippen LogP contribution in [0.3, 0.4) is 0 Å². The molecule has 0 unspecified atom stereocenters. The maximum atomic E-state index is 11.8. The summed E-state index contributed by atoms with van der Waals surface area (Å²) in [7, 11) is 0. The number of ether oxygens (including phenoxy) is 1. The molecule has 3 aromatic rings. The average molecular weight is 291 g/mol. The first-order chi connectivity index (χ1) is 9.61. The largest absolute Gasteiger partial charge is 0.461 e. The zero-order valence-electron chi connectivity index (χ0n) is 10.4. The number of imidazole rings is 1. The Labute approximate surface area is 116 Å². The topological polar surface area (TPSA) is 86.7 Å². The molecule has 0 aliphatic rings. The van der Waals surface area contributed by atoms with Crippen molar-refractivity contribution in [2.45, 2.75) is 6.92 Å². The molecular formula is C12H9N3O4S. The normalized spacial score (nSPS) is 11.1. The van der Waals surface area contributed by atoms with E-state index in [0.29, 0.717) is 4.83 Å². The molecule has 0 saturated heterocycles. The van der Waals surface area contributed by atoms with Crippen molar-refractivity contribution in [2.75, 3.05) is 6.61 Å². The fourth-order valence-corrected chi connectivity index (χ4v) is 3.08. The average Bonchev–Trinajstić information content (AvgIpc) is 2.96. The monoisotopic (exact) mass is 291 g/mol. The molecule has 7 nitrogen and oxygen atoms in total. The van der Waals surface area contributed by atoms with Crippen LogP contribution in [-0.4, -0.2) is 26.9 Å². The molecule has 0 bridgehead atoms. The Morgan fingerprint density at radius 2 is 2.35 bits per heavy atom. The summed E-state index contributed by atoms with van der Waals surface area (Å²) in [4.78, 5) is 26.8. The van der Waals surface area contributed by atoms with Crippen molar-refractivity contribution in [1.29, 1.82) is 0 Å². The van der Waals surface area contributed by atoms with Gasteiger partial charge in [0.25, 0.3) is 5.69 Å². The van der Waals surface area contributed by atoms with Crippen LogP contribution >= 0.6 is 11.3 Å². The predicted molar refractivity (Wildman–Crippen MR) is 73.2 cm³/mol. The molecule has 0 N–H and O–H groups in total. The summed E-state index contributed by atoms with van der Waals surface area (Å²) in [5.74, 6) is -0.490. The lowest BCUT2D eigenvalue weighted by molar-refractivity contribution is -0.384.